The predicted molar refractivity (Wildman–Crippen MR) is 119 cm³/mol. The minimum atomic E-state index is 0.205. The number of para-hydroxylation sites is 1. The maximum atomic E-state index is 6.26. The Morgan fingerprint density at radius 1 is 1.22 bits per heavy atom. The standard InChI is InChI=1S/C22H25N3S2/c1-14(2)21(23)16-7-5-6-15(12-16)13-19(25-27-17-10-11-17)22-24-18-8-3-4-9-20(18)26-22/h3-9,12,17,19,25H,10-11,13,23H2,1-2H3. The monoisotopic (exact) mass is 395 g/mol. The number of benzene rings is 2. The van der Waals surface area contributed by atoms with Crippen molar-refractivity contribution in [2.45, 2.75) is 44.4 Å². The van der Waals surface area contributed by atoms with Gasteiger partial charge in [-0.1, -0.05) is 47.9 Å². The molecular weight excluding hydrogens is 370 g/mol. The van der Waals surface area contributed by atoms with Gasteiger partial charge in [-0.15, -0.1) is 11.3 Å². The molecule has 27 heavy (non-hydrogen) atoms. The number of allylic oxidation sites excluding steroid dienone is 1. The molecule has 0 bridgehead atoms. The molecule has 0 spiro atoms. The van der Waals surface area contributed by atoms with E-state index in [1.807, 2.05) is 11.9 Å². The molecule has 0 amide bonds. The van der Waals surface area contributed by atoms with Crippen LogP contribution < -0.4 is 10.5 Å². The predicted octanol–water partition coefficient (Wildman–Crippen LogP) is 5.69. The fourth-order valence-corrected chi connectivity index (χ4v) is 4.99. The van der Waals surface area contributed by atoms with Crippen molar-refractivity contribution < 1.29 is 0 Å². The highest BCUT2D eigenvalue weighted by atomic mass is 32.2. The quantitative estimate of drug-likeness (QED) is 0.505. The molecule has 1 aliphatic carbocycles. The van der Waals surface area contributed by atoms with Crippen LogP contribution >= 0.6 is 23.3 Å². The van der Waals surface area contributed by atoms with Gasteiger partial charge in [0, 0.05) is 10.9 Å². The van der Waals surface area contributed by atoms with E-state index in [0.29, 0.717) is 0 Å². The van der Waals surface area contributed by atoms with Crippen LogP contribution in [0.2, 0.25) is 0 Å². The summed E-state index contributed by atoms with van der Waals surface area (Å²) in [5.41, 5.74) is 11.7. The lowest BCUT2D eigenvalue weighted by molar-refractivity contribution is 0.668. The molecule has 1 unspecified atom stereocenters. The second-order valence-electron chi connectivity index (χ2n) is 7.33. The number of nitrogens with two attached hydrogens (primary N) is 1. The summed E-state index contributed by atoms with van der Waals surface area (Å²) in [6.45, 7) is 4.11. The average molecular weight is 396 g/mol. The number of nitrogens with one attached hydrogen (secondary N) is 1. The summed E-state index contributed by atoms with van der Waals surface area (Å²) >= 11 is 3.66. The number of aromatic nitrogens is 1. The van der Waals surface area contributed by atoms with Gasteiger partial charge in [-0.2, -0.15) is 0 Å². The van der Waals surface area contributed by atoms with Crippen LogP contribution in [0.25, 0.3) is 15.9 Å². The van der Waals surface area contributed by atoms with Gasteiger partial charge in [0.15, 0.2) is 0 Å². The minimum Gasteiger partial charge on any atom is -0.398 e. The van der Waals surface area contributed by atoms with Crippen molar-refractivity contribution in [2.24, 2.45) is 5.73 Å². The summed E-state index contributed by atoms with van der Waals surface area (Å²) in [6, 6.07) is 17.2. The van der Waals surface area contributed by atoms with E-state index in [0.717, 1.165) is 39.0 Å². The van der Waals surface area contributed by atoms with E-state index < -0.39 is 0 Å². The van der Waals surface area contributed by atoms with E-state index in [4.69, 9.17) is 10.7 Å². The average Bonchev–Trinajstić information content (AvgIpc) is 3.40. The number of rotatable bonds is 7. The number of thiazole rings is 1. The molecule has 1 aromatic heterocycles. The zero-order valence-corrected chi connectivity index (χ0v) is 17.4. The first-order chi connectivity index (χ1) is 13.1. The zero-order chi connectivity index (χ0) is 18.8. The third-order valence-corrected chi connectivity index (χ3v) is 7.10. The maximum absolute atomic E-state index is 6.26. The van der Waals surface area contributed by atoms with Crippen LogP contribution in [-0.2, 0) is 6.42 Å². The van der Waals surface area contributed by atoms with Crippen LogP contribution in [0.4, 0.5) is 0 Å². The molecule has 2 aromatic carbocycles. The lowest BCUT2D eigenvalue weighted by Crippen LogP contribution is -2.17. The topological polar surface area (TPSA) is 50.9 Å². The second kappa shape index (κ2) is 8.05. The first-order valence-corrected chi connectivity index (χ1v) is 11.1. The molecule has 3 nitrogen and oxygen atoms in total. The number of nitrogens with zero attached hydrogens (tertiary/aromatic N) is 1. The van der Waals surface area contributed by atoms with Crippen LogP contribution in [0.3, 0.4) is 0 Å². The highest BCUT2D eigenvalue weighted by Crippen LogP contribution is 2.36. The lowest BCUT2D eigenvalue weighted by atomic mass is 10.0. The normalized spacial score (nSPS) is 15.0. The number of fused-ring (bicyclic) bond motifs is 1. The van der Waals surface area contributed by atoms with E-state index in [-0.39, 0.29) is 6.04 Å². The molecule has 0 radical (unpaired) electrons. The van der Waals surface area contributed by atoms with E-state index in [1.165, 1.54) is 23.1 Å². The fourth-order valence-electron chi connectivity index (χ4n) is 2.97. The van der Waals surface area contributed by atoms with Crippen LogP contribution in [0.5, 0.6) is 0 Å². The Bertz CT molecular complexity index is 935. The Kier molecular flexibility index (Phi) is 5.53. The number of hydrogen-bond donors (Lipinski definition) is 2. The van der Waals surface area contributed by atoms with Crippen LogP contribution in [0, 0.1) is 0 Å². The zero-order valence-electron chi connectivity index (χ0n) is 15.7. The van der Waals surface area contributed by atoms with Crippen molar-refractivity contribution in [2.75, 3.05) is 0 Å². The molecule has 0 aliphatic heterocycles. The molecule has 1 fully saturated rings. The molecule has 3 N–H and O–H groups in total. The second-order valence-corrected chi connectivity index (χ2v) is 9.53. The Labute approximate surface area is 169 Å². The van der Waals surface area contributed by atoms with Gasteiger partial charge in [0.2, 0.25) is 0 Å². The van der Waals surface area contributed by atoms with E-state index >= 15 is 0 Å². The third-order valence-electron chi connectivity index (χ3n) is 4.73. The van der Waals surface area contributed by atoms with E-state index in [1.54, 1.807) is 11.3 Å². The van der Waals surface area contributed by atoms with Gasteiger partial charge in [-0.3, -0.25) is 4.72 Å². The van der Waals surface area contributed by atoms with Gasteiger partial charge in [0.1, 0.15) is 5.01 Å². The smallest absolute Gasteiger partial charge is 0.112 e. The maximum Gasteiger partial charge on any atom is 0.112 e. The van der Waals surface area contributed by atoms with Gasteiger partial charge in [-0.05, 0) is 62.4 Å². The van der Waals surface area contributed by atoms with Crippen LogP contribution in [0.15, 0.2) is 54.1 Å². The van der Waals surface area contributed by atoms with Crippen molar-refractivity contribution in [3.8, 4) is 0 Å². The van der Waals surface area contributed by atoms with Gasteiger partial charge >= 0.3 is 0 Å². The van der Waals surface area contributed by atoms with Crippen molar-refractivity contribution in [3.63, 3.8) is 0 Å². The summed E-state index contributed by atoms with van der Waals surface area (Å²) in [5.74, 6) is 0. The van der Waals surface area contributed by atoms with Crippen molar-refractivity contribution in [1.29, 1.82) is 0 Å². The molecule has 1 heterocycles. The van der Waals surface area contributed by atoms with E-state index in [2.05, 4.69) is 67.1 Å². The number of hydrogen-bond acceptors (Lipinski definition) is 5. The van der Waals surface area contributed by atoms with Gasteiger partial charge < -0.3 is 5.73 Å². The summed E-state index contributed by atoms with van der Waals surface area (Å²) in [4.78, 5) is 4.90. The van der Waals surface area contributed by atoms with Crippen LogP contribution in [-0.4, -0.2) is 10.2 Å². The van der Waals surface area contributed by atoms with Crippen molar-refractivity contribution >= 4 is 39.2 Å². The first kappa shape index (κ1) is 18.5. The summed E-state index contributed by atoms with van der Waals surface area (Å²) in [5, 5.41) is 1.92. The highest BCUT2D eigenvalue weighted by Gasteiger charge is 2.25. The third kappa shape index (κ3) is 4.54. The fraction of sp³-hybridized carbons (Fsp3) is 0.318. The SMILES string of the molecule is CC(C)=C(N)c1cccc(CC(NSC2CC2)c2nc3ccccc3s2)c1. The molecule has 1 aliphatic rings. The molecular formula is C22H25N3S2. The van der Waals surface area contributed by atoms with Crippen molar-refractivity contribution in [1.82, 2.24) is 9.71 Å². The molecule has 4 rings (SSSR count). The Morgan fingerprint density at radius 3 is 2.78 bits per heavy atom. The lowest BCUT2D eigenvalue weighted by Gasteiger charge is -2.16. The first-order valence-electron chi connectivity index (χ1n) is 9.39. The van der Waals surface area contributed by atoms with Crippen molar-refractivity contribution in [3.05, 3.63) is 70.2 Å². The van der Waals surface area contributed by atoms with Crippen LogP contribution in [0.1, 0.15) is 48.9 Å². The molecule has 140 valence electrons. The van der Waals surface area contributed by atoms with E-state index in [9.17, 15) is 0 Å². The summed E-state index contributed by atoms with van der Waals surface area (Å²) in [6.07, 6.45) is 3.54. The largest absolute Gasteiger partial charge is 0.398 e. The molecule has 0 saturated heterocycles. The minimum absolute atomic E-state index is 0.205. The van der Waals surface area contributed by atoms with Gasteiger partial charge in [0.05, 0.1) is 16.3 Å². The summed E-state index contributed by atoms with van der Waals surface area (Å²) in [7, 11) is 0. The Hall–Kier alpha value is -1.82. The molecule has 1 saturated carbocycles. The Balaban J connectivity index is 1.61. The molecule has 3 aromatic rings. The van der Waals surface area contributed by atoms with Gasteiger partial charge in [0.25, 0.3) is 0 Å². The molecule has 1 atom stereocenters. The molecule has 5 heteroatoms. The highest BCUT2D eigenvalue weighted by molar-refractivity contribution is 7.98. The Morgan fingerprint density at radius 2 is 2.04 bits per heavy atom. The van der Waals surface area contributed by atoms with Gasteiger partial charge in [-0.25, -0.2) is 4.98 Å². The summed E-state index contributed by atoms with van der Waals surface area (Å²) < 4.78 is 4.95.